The van der Waals surface area contributed by atoms with Gasteiger partial charge in [-0.25, -0.2) is 0 Å². The zero-order chi connectivity index (χ0) is 19.3. The minimum Gasteiger partial charge on any atom is -0.489 e. The van der Waals surface area contributed by atoms with E-state index in [0.29, 0.717) is 11.5 Å². The van der Waals surface area contributed by atoms with Crippen molar-refractivity contribution in [1.29, 1.82) is 0 Å². The molecule has 28 heavy (non-hydrogen) atoms. The van der Waals surface area contributed by atoms with Crippen LogP contribution in [0, 0.1) is 5.92 Å². The number of rotatable bonds is 4. The third kappa shape index (κ3) is 4.65. The summed E-state index contributed by atoms with van der Waals surface area (Å²) in [6, 6.07) is 17.9. The molecule has 0 aliphatic carbocycles. The van der Waals surface area contributed by atoms with Gasteiger partial charge in [0.1, 0.15) is 12.4 Å². The fourth-order valence-corrected chi connectivity index (χ4v) is 4.25. The van der Waals surface area contributed by atoms with E-state index in [4.69, 9.17) is 4.74 Å². The van der Waals surface area contributed by atoms with Crippen LogP contribution in [-0.4, -0.2) is 29.1 Å². The lowest BCUT2D eigenvalue weighted by Crippen LogP contribution is -2.35. The Bertz CT molecular complexity index is 883. The fourth-order valence-electron chi connectivity index (χ4n) is 3.29. The molecular formula is C23H24N2O2S. The van der Waals surface area contributed by atoms with Crippen molar-refractivity contribution in [2.24, 2.45) is 10.9 Å². The number of amidine groups is 1. The first-order valence-electron chi connectivity index (χ1n) is 9.72. The van der Waals surface area contributed by atoms with Gasteiger partial charge in [-0.2, -0.15) is 4.99 Å². The summed E-state index contributed by atoms with van der Waals surface area (Å²) < 4.78 is 5.82. The van der Waals surface area contributed by atoms with E-state index in [9.17, 15) is 4.79 Å². The van der Waals surface area contributed by atoms with E-state index in [1.165, 1.54) is 11.8 Å². The number of hydrogen-bond acceptors (Lipinski definition) is 4. The van der Waals surface area contributed by atoms with E-state index in [1.807, 2.05) is 60.7 Å². The van der Waals surface area contributed by atoms with Gasteiger partial charge in [-0.3, -0.25) is 4.79 Å². The molecule has 0 radical (unpaired) electrons. The second kappa shape index (κ2) is 8.65. The van der Waals surface area contributed by atoms with Gasteiger partial charge in [0.2, 0.25) is 0 Å². The van der Waals surface area contributed by atoms with Gasteiger partial charge in [0.25, 0.3) is 5.91 Å². The number of ether oxygens (including phenoxy) is 1. The number of carbonyl (C=O) groups excluding carboxylic acids is 1. The van der Waals surface area contributed by atoms with Crippen molar-refractivity contribution in [2.45, 2.75) is 26.4 Å². The number of hydrogen-bond donors (Lipinski definition) is 0. The van der Waals surface area contributed by atoms with Crippen LogP contribution >= 0.6 is 11.8 Å². The molecule has 5 heteroatoms. The van der Waals surface area contributed by atoms with Gasteiger partial charge in [0.15, 0.2) is 5.17 Å². The monoisotopic (exact) mass is 392 g/mol. The molecule has 0 unspecified atom stereocenters. The van der Waals surface area contributed by atoms with E-state index in [0.717, 1.165) is 53.9 Å². The van der Waals surface area contributed by atoms with Crippen LogP contribution in [0.25, 0.3) is 6.08 Å². The van der Waals surface area contributed by atoms with E-state index < -0.39 is 0 Å². The van der Waals surface area contributed by atoms with E-state index >= 15 is 0 Å². The molecule has 1 saturated heterocycles. The Morgan fingerprint density at radius 3 is 2.54 bits per heavy atom. The fraction of sp³-hybridized carbons (Fsp3) is 0.304. The summed E-state index contributed by atoms with van der Waals surface area (Å²) in [4.78, 5) is 19.5. The molecule has 2 aliphatic rings. The van der Waals surface area contributed by atoms with Gasteiger partial charge >= 0.3 is 0 Å². The minimum absolute atomic E-state index is 0.136. The number of benzene rings is 2. The van der Waals surface area contributed by atoms with E-state index in [2.05, 4.69) is 16.8 Å². The summed E-state index contributed by atoms with van der Waals surface area (Å²) in [5, 5.41) is 0.853. The minimum atomic E-state index is -0.136. The maximum Gasteiger partial charge on any atom is 0.286 e. The molecule has 0 N–H and O–H groups in total. The van der Waals surface area contributed by atoms with Crippen molar-refractivity contribution < 1.29 is 9.53 Å². The van der Waals surface area contributed by atoms with Crippen molar-refractivity contribution >= 4 is 28.9 Å². The number of likely N-dealkylation sites (tertiary alicyclic amines) is 1. The number of amides is 1. The number of carbonyl (C=O) groups is 1. The summed E-state index contributed by atoms with van der Waals surface area (Å²) in [6.45, 7) is 4.80. The van der Waals surface area contributed by atoms with Crippen LogP contribution in [0.15, 0.2) is 64.5 Å². The predicted molar refractivity (Wildman–Crippen MR) is 115 cm³/mol. The van der Waals surface area contributed by atoms with Crippen LogP contribution in [0.5, 0.6) is 5.75 Å². The highest BCUT2D eigenvalue weighted by molar-refractivity contribution is 8.18. The smallest absolute Gasteiger partial charge is 0.286 e. The Morgan fingerprint density at radius 2 is 1.82 bits per heavy atom. The summed E-state index contributed by atoms with van der Waals surface area (Å²) in [7, 11) is 0. The lowest BCUT2D eigenvalue weighted by molar-refractivity contribution is -0.113. The molecule has 1 fully saturated rings. The third-order valence-corrected chi connectivity index (χ3v) is 6.13. The Hall–Kier alpha value is -2.53. The highest BCUT2D eigenvalue weighted by Crippen LogP contribution is 2.32. The highest BCUT2D eigenvalue weighted by Gasteiger charge is 2.28. The van der Waals surface area contributed by atoms with Gasteiger partial charge < -0.3 is 9.64 Å². The average molecular weight is 393 g/mol. The van der Waals surface area contributed by atoms with Crippen LogP contribution in [0.4, 0.5) is 0 Å². The lowest BCUT2D eigenvalue weighted by atomic mass is 10.00. The largest absolute Gasteiger partial charge is 0.489 e. The molecule has 2 heterocycles. The first kappa shape index (κ1) is 18.8. The van der Waals surface area contributed by atoms with Crippen LogP contribution in [0.3, 0.4) is 0 Å². The molecular weight excluding hydrogens is 368 g/mol. The Morgan fingerprint density at radius 1 is 1.11 bits per heavy atom. The normalized spacial score (nSPS) is 19.2. The first-order valence-corrected chi connectivity index (χ1v) is 10.5. The second-order valence-electron chi connectivity index (χ2n) is 7.32. The number of aliphatic imine (C=N–C) groups is 1. The Labute approximate surface area is 170 Å². The predicted octanol–water partition coefficient (Wildman–Crippen LogP) is 4.97. The van der Waals surface area contributed by atoms with Crippen molar-refractivity contribution in [3.63, 3.8) is 0 Å². The molecule has 144 valence electrons. The zero-order valence-corrected chi connectivity index (χ0v) is 16.8. The zero-order valence-electron chi connectivity index (χ0n) is 16.0. The number of thioether (sulfide) groups is 1. The number of nitrogens with zero attached hydrogens (tertiary/aromatic N) is 2. The molecule has 4 nitrogen and oxygen atoms in total. The van der Waals surface area contributed by atoms with Gasteiger partial charge in [0.05, 0.1) is 4.91 Å². The SMILES string of the molecule is CC1CCN(C2=NC(=O)/C(=C/c3ccc(OCc4ccccc4)cc3)S2)CC1. The molecule has 2 aromatic rings. The van der Waals surface area contributed by atoms with Gasteiger partial charge in [-0.1, -0.05) is 49.4 Å². The standard InChI is InChI=1S/C23H24N2O2S/c1-17-11-13-25(14-12-17)23-24-22(26)21(28-23)15-18-7-9-20(10-8-18)27-16-19-5-3-2-4-6-19/h2-10,15,17H,11-14,16H2,1H3/b21-15-. The molecule has 1 amide bonds. The number of piperidine rings is 1. The second-order valence-corrected chi connectivity index (χ2v) is 8.33. The summed E-state index contributed by atoms with van der Waals surface area (Å²) >= 11 is 1.49. The van der Waals surface area contributed by atoms with Crippen molar-refractivity contribution in [1.82, 2.24) is 4.90 Å². The highest BCUT2D eigenvalue weighted by atomic mass is 32.2. The van der Waals surface area contributed by atoms with E-state index in [-0.39, 0.29) is 5.91 Å². The first-order chi connectivity index (χ1) is 13.7. The molecule has 0 aromatic heterocycles. The Balaban J connectivity index is 1.36. The maximum atomic E-state index is 12.3. The van der Waals surface area contributed by atoms with Gasteiger partial charge in [-0.05, 0) is 59.9 Å². The van der Waals surface area contributed by atoms with Crippen molar-refractivity contribution in [3.8, 4) is 5.75 Å². The molecule has 2 aromatic carbocycles. The topological polar surface area (TPSA) is 41.9 Å². The third-order valence-electron chi connectivity index (χ3n) is 5.09. The summed E-state index contributed by atoms with van der Waals surface area (Å²) in [5.41, 5.74) is 2.12. The summed E-state index contributed by atoms with van der Waals surface area (Å²) in [5.74, 6) is 1.44. The van der Waals surface area contributed by atoms with E-state index in [1.54, 1.807) is 0 Å². The maximum absolute atomic E-state index is 12.3. The average Bonchev–Trinajstić information content (AvgIpc) is 3.09. The molecule has 0 spiro atoms. The van der Waals surface area contributed by atoms with Gasteiger partial charge in [-0.15, -0.1) is 0 Å². The quantitative estimate of drug-likeness (QED) is 0.689. The molecule has 0 bridgehead atoms. The van der Waals surface area contributed by atoms with Crippen LogP contribution in [-0.2, 0) is 11.4 Å². The molecule has 0 atom stereocenters. The van der Waals surface area contributed by atoms with Crippen molar-refractivity contribution in [3.05, 3.63) is 70.6 Å². The molecule has 2 aliphatic heterocycles. The van der Waals surface area contributed by atoms with Crippen LogP contribution < -0.4 is 4.74 Å². The van der Waals surface area contributed by atoms with Crippen LogP contribution in [0.1, 0.15) is 30.9 Å². The Kier molecular flexibility index (Phi) is 5.81. The van der Waals surface area contributed by atoms with Crippen LogP contribution in [0.2, 0.25) is 0 Å². The van der Waals surface area contributed by atoms with Gasteiger partial charge in [0, 0.05) is 13.1 Å². The molecule has 0 saturated carbocycles. The molecule has 4 rings (SSSR count). The summed E-state index contributed by atoms with van der Waals surface area (Å²) in [6.07, 6.45) is 4.24. The lowest BCUT2D eigenvalue weighted by Gasteiger charge is -2.30. The van der Waals surface area contributed by atoms with Crippen molar-refractivity contribution in [2.75, 3.05) is 13.1 Å².